The summed E-state index contributed by atoms with van der Waals surface area (Å²) in [4.78, 5) is 15.3. The number of para-hydroxylation sites is 1. The van der Waals surface area contributed by atoms with Crippen LogP contribution < -0.4 is 4.74 Å². The topological polar surface area (TPSA) is 59.4 Å². The van der Waals surface area contributed by atoms with Crippen molar-refractivity contribution in [1.82, 2.24) is 4.98 Å². The van der Waals surface area contributed by atoms with Crippen LogP contribution in [0.15, 0.2) is 60.7 Å². The molecule has 0 amide bonds. The van der Waals surface area contributed by atoms with Crippen LogP contribution in [-0.2, 0) is 6.61 Å². The number of aromatic nitrogens is 1. The van der Waals surface area contributed by atoms with Crippen LogP contribution in [0.3, 0.4) is 0 Å². The number of nitrogens with zero attached hydrogens (tertiary/aromatic N) is 1. The lowest BCUT2D eigenvalue weighted by Crippen LogP contribution is -2.03. The maximum atomic E-state index is 11.2. The molecule has 0 saturated carbocycles. The fourth-order valence-corrected chi connectivity index (χ4v) is 2.11. The van der Waals surface area contributed by atoms with Crippen LogP contribution in [0.2, 0.25) is 0 Å². The molecule has 0 aliphatic rings. The number of fused-ring (bicyclic) bond motifs is 1. The molecule has 5 heteroatoms. The summed E-state index contributed by atoms with van der Waals surface area (Å²) in [7, 11) is 0. The zero-order valence-corrected chi connectivity index (χ0v) is 12.4. The number of benzene rings is 2. The highest BCUT2D eigenvalue weighted by Gasteiger charge is 2.11. The summed E-state index contributed by atoms with van der Waals surface area (Å²) in [6.45, 7) is 0.383. The molecule has 0 bridgehead atoms. The molecule has 0 saturated heterocycles. The number of carboxylic acids is 1. The zero-order valence-electron chi connectivity index (χ0n) is 11.6. The van der Waals surface area contributed by atoms with E-state index in [2.05, 4.69) is 4.98 Å². The minimum absolute atomic E-state index is 0. The first-order valence-corrected chi connectivity index (χ1v) is 6.54. The number of aromatic carboxylic acids is 1. The Morgan fingerprint density at radius 3 is 2.45 bits per heavy atom. The van der Waals surface area contributed by atoms with Gasteiger partial charge in [0.1, 0.15) is 12.4 Å². The van der Waals surface area contributed by atoms with Crippen molar-refractivity contribution in [1.29, 1.82) is 0 Å². The molecule has 0 aliphatic heterocycles. The van der Waals surface area contributed by atoms with Crippen molar-refractivity contribution in [3.8, 4) is 5.75 Å². The van der Waals surface area contributed by atoms with Gasteiger partial charge in [-0.2, -0.15) is 0 Å². The smallest absolute Gasteiger partial charge is 0.354 e. The quantitative estimate of drug-likeness (QED) is 0.792. The first kappa shape index (κ1) is 15.8. The van der Waals surface area contributed by atoms with Crippen molar-refractivity contribution >= 4 is 29.3 Å². The van der Waals surface area contributed by atoms with Crippen LogP contribution >= 0.6 is 12.4 Å². The highest BCUT2D eigenvalue weighted by molar-refractivity contribution is 5.93. The van der Waals surface area contributed by atoms with E-state index in [9.17, 15) is 4.79 Å². The van der Waals surface area contributed by atoms with E-state index in [1.54, 1.807) is 6.07 Å². The number of hydrogen-bond acceptors (Lipinski definition) is 3. The summed E-state index contributed by atoms with van der Waals surface area (Å²) in [5.41, 5.74) is 1.62. The number of hydrogen-bond donors (Lipinski definition) is 1. The van der Waals surface area contributed by atoms with Crippen LogP contribution in [0, 0.1) is 0 Å². The third kappa shape index (κ3) is 3.35. The van der Waals surface area contributed by atoms with E-state index in [1.807, 2.05) is 48.5 Å². The van der Waals surface area contributed by atoms with Gasteiger partial charge < -0.3 is 9.84 Å². The Labute approximate surface area is 133 Å². The van der Waals surface area contributed by atoms with E-state index < -0.39 is 5.97 Å². The normalized spacial score (nSPS) is 10.0. The monoisotopic (exact) mass is 315 g/mol. The number of halogens is 1. The van der Waals surface area contributed by atoms with Gasteiger partial charge in [0.2, 0.25) is 0 Å². The van der Waals surface area contributed by atoms with Crippen LogP contribution in [0.1, 0.15) is 16.1 Å². The van der Waals surface area contributed by atoms with E-state index in [1.165, 1.54) is 6.07 Å². The minimum atomic E-state index is -1.06. The van der Waals surface area contributed by atoms with E-state index in [0.29, 0.717) is 17.9 Å². The summed E-state index contributed by atoms with van der Waals surface area (Å²) in [6, 6.07) is 18.5. The van der Waals surface area contributed by atoms with Crippen LogP contribution in [-0.4, -0.2) is 16.1 Å². The second-order valence-corrected chi connectivity index (χ2v) is 4.60. The van der Waals surface area contributed by atoms with Gasteiger partial charge in [-0.15, -0.1) is 12.4 Å². The molecule has 22 heavy (non-hydrogen) atoms. The zero-order chi connectivity index (χ0) is 14.7. The Balaban J connectivity index is 0.00000176. The molecule has 2 aromatic carbocycles. The summed E-state index contributed by atoms with van der Waals surface area (Å²) < 4.78 is 5.79. The third-order valence-corrected chi connectivity index (χ3v) is 3.13. The predicted octanol–water partition coefficient (Wildman–Crippen LogP) is 3.93. The molecule has 3 aromatic rings. The van der Waals surface area contributed by atoms with Gasteiger partial charge in [0, 0.05) is 11.5 Å². The van der Waals surface area contributed by atoms with Crippen LogP contribution in [0.4, 0.5) is 0 Å². The molecule has 0 aliphatic carbocycles. The molecule has 4 nitrogen and oxygen atoms in total. The number of carbonyl (C=O) groups is 1. The van der Waals surface area contributed by atoms with E-state index in [0.717, 1.165) is 10.9 Å². The van der Waals surface area contributed by atoms with Crippen LogP contribution in [0.5, 0.6) is 5.75 Å². The first-order valence-electron chi connectivity index (χ1n) is 6.54. The van der Waals surface area contributed by atoms with Crippen molar-refractivity contribution in [3.63, 3.8) is 0 Å². The lowest BCUT2D eigenvalue weighted by Gasteiger charge is -2.10. The van der Waals surface area contributed by atoms with Gasteiger partial charge in [0.05, 0.1) is 5.52 Å². The van der Waals surface area contributed by atoms with Gasteiger partial charge in [0.15, 0.2) is 5.69 Å². The Kier molecular flexibility index (Phi) is 4.96. The second kappa shape index (κ2) is 6.91. The maximum Gasteiger partial charge on any atom is 0.354 e. The Morgan fingerprint density at radius 1 is 1.05 bits per heavy atom. The number of pyridine rings is 1. The van der Waals surface area contributed by atoms with E-state index >= 15 is 0 Å². The molecule has 1 heterocycles. The molecule has 0 atom stereocenters. The average molecular weight is 316 g/mol. The van der Waals surface area contributed by atoms with Gasteiger partial charge in [-0.1, -0.05) is 42.5 Å². The molecular weight excluding hydrogens is 302 g/mol. The lowest BCUT2D eigenvalue weighted by atomic mass is 10.1. The maximum absolute atomic E-state index is 11.2. The van der Waals surface area contributed by atoms with Crippen molar-refractivity contribution in [2.24, 2.45) is 0 Å². The van der Waals surface area contributed by atoms with Crippen molar-refractivity contribution in [2.75, 3.05) is 0 Å². The summed E-state index contributed by atoms with van der Waals surface area (Å²) >= 11 is 0. The van der Waals surface area contributed by atoms with Gasteiger partial charge >= 0.3 is 5.97 Å². The number of carboxylic acid groups (broad SMARTS) is 1. The molecule has 3 rings (SSSR count). The molecule has 0 fully saturated rings. The third-order valence-electron chi connectivity index (χ3n) is 3.13. The van der Waals surface area contributed by atoms with Gasteiger partial charge in [-0.3, -0.25) is 0 Å². The molecule has 112 valence electrons. The molecule has 0 spiro atoms. The first-order chi connectivity index (χ1) is 10.2. The largest absolute Gasteiger partial charge is 0.488 e. The SMILES string of the molecule is Cl.O=C(O)c1cc(OCc2ccccc2)c2ccccc2n1. The molecule has 1 aromatic heterocycles. The van der Waals surface area contributed by atoms with E-state index in [-0.39, 0.29) is 18.1 Å². The van der Waals surface area contributed by atoms with Crippen molar-refractivity contribution < 1.29 is 14.6 Å². The number of ether oxygens (including phenoxy) is 1. The highest BCUT2D eigenvalue weighted by atomic mass is 35.5. The molecule has 1 N–H and O–H groups in total. The Hall–Kier alpha value is -2.59. The Bertz CT molecular complexity index is 790. The van der Waals surface area contributed by atoms with Gasteiger partial charge in [-0.05, 0) is 17.7 Å². The van der Waals surface area contributed by atoms with E-state index in [4.69, 9.17) is 9.84 Å². The Morgan fingerprint density at radius 2 is 1.73 bits per heavy atom. The molecule has 0 radical (unpaired) electrons. The lowest BCUT2D eigenvalue weighted by molar-refractivity contribution is 0.0690. The second-order valence-electron chi connectivity index (χ2n) is 4.60. The minimum Gasteiger partial charge on any atom is -0.488 e. The molecule has 0 unspecified atom stereocenters. The van der Waals surface area contributed by atoms with Crippen LogP contribution in [0.25, 0.3) is 10.9 Å². The summed E-state index contributed by atoms with van der Waals surface area (Å²) in [5.74, 6) is -0.535. The predicted molar refractivity (Wildman–Crippen MR) is 86.7 cm³/mol. The summed E-state index contributed by atoms with van der Waals surface area (Å²) in [5, 5.41) is 9.94. The van der Waals surface area contributed by atoms with Gasteiger partial charge in [0.25, 0.3) is 0 Å². The average Bonchev–Trinajstić information content (AvgIpc) is 2.53. The highest BCUT2D eigenvalue weighted by Crippen LogP contribution is 2.26. The van der Waals surface area contributed by atoms with Crippen molar-refractivity contribution in [3.05, 3.63) is 71.9 Å². The van der Waals surface area contributed by atoms with Gasteiger partial charge in [-0.25, -0.2) is 9.78 Å². The summed E-state index contributed by atoms with van der Waals surface area (Å²) in [6.07, 6.45) is 0. The fourth-order valence-electron chi connectivity index (χ4n) is 2.11. The van der Waals surface area contributed by atoms with Crippen molar-refractivity contribution in [2.45, 2.75) is 6.61 Å². The number of rotatable bonds is 4. The fraction of sp³-hybridized carbons (Fsp3) is 0.0588. The molecular formula is C17H14ClNO3. The standard InChI is InChI=1S/C17H13NO3.ClH/c19-17(20)15-10-16(13-8-4-5-9-14(13)18-15)21-11-12-6-2-1-3-7-12;/h1-10H,11H2,(H,19,20);1H.